The van der Waals surface area contributed by atoms with Gasteiger partial charge in [-0.3, -0.25) is 4.68 Å². The van der Waals surface area contributed by atoms with Crippen molar-refractivity contribution in [2.75, 3.05) is 25.0 Å². The highest BCUT2D eigenvalue weighted by atomic mass is 16.5. The minimum atomic E-state index is -0.131. The molecule has 1 saturated carbocycles. The zero-order valence-corrected chi connectivity index (χ0v) is 19.0. The van der Waals surface area contributed by atoms with Crippen LogP contribution in [0.2, 0.25) is 0 Å². The second-order valence-electron chi connectivity index (χ2n) is 8.79. The maximum Gasteiger partial charge on any atom is 0.321 e. The van der Waals surface area contributed by atoms with E-state index in [0.717, 1.165) is 25.7 Å². The number of hydrogen-bond donors (Lipinski definition) is 3. The average molecular weight is 455 g/mol. The molecule has 2 heterocycles. The summed E-state index contributed by atoms with van der Waals surface area (Å²) in [6, 6.07) is 9.48. The van der Waals surface area contributed by atoms with Gasteiger partial charge in [-0.15, -0.1) is 0 Å². The van der Waals surface area contributed by atoms with Crippen molar-refractivity contribution in [1.29, 1.82) is 0 Å². The monoisotopic (exact) mass is 454 g/mol. The van der Waals surface area contributed by atoms with E-state index in [1.807, 2.05) is 41.2 Å². The van der Waals surface area contributed by atoms with Crippen molar-refractivity contribution in [2.45, 2.75) is 63.6 Å². The van der Waals surface area contributed by atoms with Crippen LogP contribution in [0.3, 0.4) is 0 Å². The van der Waals surface area contributed by atoms with E-state index in [-0.39, 0.29) is 18.1 Å². The number of amides is 4. The maximum atomic E-state index is 12.7. The van der Waals surface area contributed by atoms with Crippen LogP contribution in [0.15, 0.2) is 42.7 Å². The van der Waals surface area contributed by atoms with Gasteiger partial charge in [0, 0.05) is 49.3 Å². The number of nitrogens with one attached hydrogen (secondary N) is 3. The summed E-state index contributed by atoms with van der Waals surface area (Å²) in [5.41, 5.74) is 0.698. The topological polar surface area (TPSA) is 101 Å². The molecular weight excluding hydrogens is 420 g/mol. The molecule has 0 spiro atoms. The quantitative estimate of drug-likeness (QED) is 0.595. The molecule has 0 unspecified atom stereocenters. The highest BCUT2D eigenvalue weighted by Crippen LogP contribution is 2.20. The van der Waals surface area contributed by atoms with Crippen LogP contribution in [0.4, 0.5) is 15.3 Å². The Morgan fingerprint density at radius 1 is 1.00 bits per heavy atom. The molecule has 0 bridgehead atoms. The van der Waals surface area contributed by atoms with E-state index in [4.69, 9.17) is 4.74 Å². The number of nitrogens with zero attached hydrogens (tertiary/aromatic N) is 3. The zero-order chi connectivity index (χ0) is 22.9. The Morgan fingerprint density at radius 3 is 2.48 bits per heavy atom. The van der Waals surface area contributed by atoms with Crippen LogP contribution in [0, 0.1) is 0 Å². The summed E-state index contributed by atoms with van der Waals surface area (Å²) >= 11 is 0. The van der Waals surface area contributed by atoms with Gasteiger partial charge in [-0.25, -0.2) is 9.59 Å². The smallest absolute Gasteiger partial charge is 0.321 e. The molecule has 2 aromatic rings. The fourth-order valence-electron chi connectivity index (χ4n) is 4.44. The van der Waals surface area contributed by atoms with Gasteiger partial charge < -0.3 is 25.6 Å². The number of piperidine rings is 1. The number of aromatic nitrogens is 2. The van der Waals surface area contributed by atoms with Crippen molar-refractivity contribution in [1.82, 2.24) is 25.3 Å². The third-order valence-corrected chi connectivity index (χ3v) is 6.29. The van der Waals surface area contributed by atoms with Crippen molar-refractivity contribution < 1.29 is 14.3 Å². The minimum absolute atomic E-state index is 0.0748. The lowest BCUT2D eigenvalue weighted by atomic mass is 9.96. The summed E-state index contributed by atoms with van der Waals surface area (Å²) in [5, 5.41) is 13.3. The molecule has 1 aromatic carbocycles. The van der Waals surface area contributed by atoms with E-state index in [1.165, 1.54) is 19.3 Å². The summed E-state index contributed by atoms with van der Waals surface area (Å²) in [5.74, 6) is 0.701. The lowest BCUT2D eigenvalue weighted by molar-refractivity contribution is 0.186. The molecule has 4 amide bonds. The molecule has 9 heteroatoms. The first-order valence-electron chi connectivity index (χ1n) is 12.0. The SMILES string of the molecule is O=C(NC1CCCCC1)NC1CCN(C(=O)Nc2cccc(OCCn3cccn3)c2)CC1. The number of ether oxygens (including phenoxy) is 1. The number of benzene rings is 1. The van der Waals surface area contributed by atoms with E-state index in [0.29, 0.717) is 43.7 Å². The van der Waals surface area contributed by atoms with Gasteiger partial charge in [0.25, 0.3) is 0 Å². The Morgan fingerprint density at radius 2 is 1.76 bits per heavy atom. The van der Waals surface area contributed by atoms with E-state index in [2.05, 4.69) is 21.0 Å². The number of hydrogen-bond acceptors (Lipinski definition) is 4. The van der Waals surface area contributed by atoms with Crippen LogP contribution in [0.1, 0.15) is 44.9 Å². The molecular formula is C24H34N6O3. The van der Waals surface area contributed by atoms with Gasteiger partial charge in [-0.05, 0) is 43.9 Å². The van der Waals surface area contributed by atoms with Gasteiger partial charge in [0.2, 0.25) is 0 Å². The molecule has 3 N–H and O–H groups in total. The molecule has 2 fully saturated rings. The third-order valence-electron chi connectivity index (χ3n) is 6.29. The lowest BCUT2D eigenvalue weighted by Gasteiger charge is -2.33. The van der Waals surface area contributed by atoms with E-state index in [9.17, 15) is 9.59 Å². The Hall–Kier alpha value is -3.23. The Kier molecular flexibility index (Phi) is 8.05. The number of likely N-dealkylation sites (tertiary alicyclic amines) is 1. The maximum absolute atomic E-state index is 12.7. The van der Waals surface area contributed by atoms with E-state index in [1.54, 1.807) is 11.1 Å². The van der Waals surface area contributed by atoms with Crippen molar-refractivity contribution in [3.8, 4) is 5.75 Å². The number of anilines is 1. The standard InChI is InChI=1S/C24H34N6O3/c31-23(26-19-6-2-1-3-7-19)27-20-10-14-29(15-11-20)24(32)28-21-8-4-9-22(18-21)33-17-16-30-13-5-12-25-30/h4-5,8-9,12-13,18-20H,1-3,6-7,10-11,14-17H2,(H,28,32)(H2,26,27,31). The summed E-state index contributed by atoms with van der Waals surface area (Å²) in [6.07, 6.45) is 10.9. The molecule has 1 aliphatic carbocycles. The van der Waals surface area contributed by atoms with Crippen molar-refractivity contribution >= 4 is 17.7 Å². The largest absolute Gasteiger partial charge is 0.492 e. The predicted molar refractivity (Wildman–Crippen MR) is 126 cm³/mol. The molecule has 0 atom stereocenters. The van der Waals surface area contributed by atoms with Crippen LogP contribution < -0.4 is 20.7 Å². The fraction of sp³-hybridized carbons (Fsp3) is 0.542. The minimum Gasteiger partial charge on any atom is -0.492 e. The molecule has 2 aliphatic rings. The first-order valence-corrected chi connectivity index (χ1v) is 12.0. The molecule has 178 valence electrons. The van der Waals surface area contributed by atoms with Crippen LogP contribution in [0.5, 0.6) is 5.75 Å². The molecule has 1 aromatic heterocycles. The Bertz CT molecular complexity index is 889. The summed E-state index contributed by atoms with van der Waals surface area (Å²) in [4.78, 5) is 26.8. The second kappa shape index (κ2) is 11.6. The fourth-order valence-corrected chi connectivity index (χ4v) is 4.44. The van der Waals surface area contributed by atoms with E-state index < -0.39 is 0 Å². The summed E-state index contributed by atoms with van der Waals surface area (Å²) in [7, 11) is 0. The molecule has 1 saturated heterocycles. The lowest BCUT2D eigenvalue weighted by Crippen LogP contribution is -2.51. The number of carbonyl (C=O) groups is 2. The number of urea groups is 2. The van der Waals surface area contributed by atoms with Crippen molar-refractivity contribution in [2.24, 2.45) is 0 Å². The highest BCUT2D eigenvalue weighted by molar-refractivity contribution is 5.89. The Balaban J connectivity index is 1.17. The van der Waals surface area contributed by atoms with Gasteiger partial charge in [0.05, 0.1) is 6.54 Å². The molecule has 0 radical (unpaired) electrons. The van der Waals surface area contributed by atoms with Crippen molar-refractivity contribution in [3.63, 3.8) is 0 Å². The van der Waals surface area contributed by atoms with Crippen LogP contribution >= 0.6 is 0 Å². The number of carbonyl (C=O) groups excluding carboxylic acids is 2. The summed E-state index contributed by atoms with van der Waals surface area (Å²) in [6.45, 7) is 2.37. The van der Waals surface area contributed by atoms with Crippen LogP contribution in [-0.2, 0) is 6.54 Å². The average Bonchev–Trinajstić information content (AvgIpc) is 3.34. The molecule has 33 heavy (non-hydrogen) atoms. The first-order chi connectivity index (χ1) is 16.2. The predicted octanol–water partition coefficient (Wildman–Crippen LogP) is 3.59. The van der Waals surface area contributed by atoms with Crippen molar-refractivity contribution in [3.05, 3.63) is 42.7 Å². The van der Waals surface area contributed by atoms with Gasteiger partial charge in [0.1, 0.15) is 12.4 Å². The number of rotatable bonds is 7. The van der Waals surface area contributed by atoms with Crippen LogP contribution in [-0.4, -0.2) is 58.5 Å². The zero-order valence-electron chi connectivity index (χ0n) is 19.0. The third kappa shape index (κ3) is 7.13. The van der Waals surface area contributed by atoms with Gasteiger partial charge in [-0.1, -0.05) is 25.3 Å². The second-order valence-corrected chi connectivity index (χ2v) is 8.79. The molecule has 9 nitrogen and oxygen atoms in total. The van der Waals surface area contributed by atoms with Crippen LogP contribution in [0.25, 0.3) is 0 Å². The van der Waals surface area contributed by atoms with E-state index >= 15 is 0 Å². The summed E-state index contributed by atoms with van der Waals surface area (Å²) < 4.78 is 7.59. The van der Waals surface area contributed by atoms with Gasteiger partial charge >= 0.3 is 12.1 Å². The van der Waals surface area contributed by atoms with Gasteiger partial charge in [0.15, 0.2) is 0 Å². The molecule has 4 rings (SSSR count). The Labute approximate surface area is 194 Å². The molecule has 1 aliphatic heterocycles. The normalized spacial score (nSPS) is 17.4. The first kappa shape index (κ1) is 22.9. The highest BCUT2D eigenvalue weighted by Gasteiger charge is 2.25. The van der Waals surface area contributed by atoms with Gasteiger partial charge in [-0.2, -0.15) is 5.10 Å².